The molecule has 0 aliphatic heterocycles. The Hall–Kier alpha value is -0.510. The molecule has 0 saturated carbocycles. The molecule has 0 spiro atoms. The first kappa shape index (κ1) is 14.9. The van der Waals surface area contributed by atoms with Crippen molar-refractivity contribution in [2.75, 3.05) is 18.9 Å². The molecule has 2 N–H and O–H groups in total. The monoisotopic (exact) mass is 279 g/mol. The van der Waals surface area contributed by atoms with Crippen molar-refractivity contribution in [2.24, 2.45) is 0 Å². The van der Waals surface area contributed by atoms with Gasteiger partial charge < -0.3 is 10.4 Å². The Morgan fingerprint density at radius 2 is 2.21 bits per heavy atom. The van der Waals surface area contributed by atoms with Crippen LogP contribution in [0.5, 0.6) is 0 Å². The van der Waals surface area contributed by atoms with Gasteiger partial charge in [-0.2, -0.15) is 11.8 Å². The first-order valence-electron chi connectivity index (χ1n) is 7.40. The van der Waals surface area contributed by atoms with Gasteiger partial charge in [-0.3, -0.25) is 0 Å². The number of thioether (sulfide) groups is 1. The third-order valence-corrected chi connectivity index (χ3v) is 5.22. The Bertz CT molecular complexity index is 383. The summed E-state index contributed by atoms with van der Waals surface area (Å²) in [6.07, 6.45) is 4.65. The zero-order valence-corrected chi connectivity index (χ0v) is 12.6. The van der Waals surface area contributed by atoms with Crippen LogP contribution in [-0.4, -0.2) is 29.3 Å². The van der Waals surface area contributed by atoms with E-state index < -0.39 is 0 Å². The highest BCUT2D eigenvalue weighted by atomic mass is 32.2. The van der Waals surface area contributed by atoms with E-state index in [2.05, 4.69) is 36.5 Å². The van der Waals surface area contributed by atoms with Crippen LogP contribution < -0.4 is 5.32 Å². The lowest BCUT2D eigenvalue weighted by atomic mass is 9.99. The van der Waals surface area contributed by atoms with E-state index in [-0.39, 0.29) is 0 Å². The highest BCUT2D eigenvalue weighted by molar-refractivity contribution is 7.99. The van der Waals surface area contributed by atoms with Gasteiger partial charge in [-0.15, -0.1) is 0 Å². The molecule has 0 aromatic heterocycles. The molecule has 2 unspecified atom stereocenters. The summed E-state index contributed by atoms with van der Waals surface area (Å²) in [5.41, 5.74) is 3.00. The Morgan fingerprint density at radius 3 is 3.00 bits per heavy atom. The van der Waals surface area contributed by atoms with Crippen LogP contribution in [-0.2, 0) is 6.42 Å². The quantitative estimate of drug-likeness (QED) is 0.620. The molecule has 0 radical (unpaired) electrons. The number of fused-ring (bicyclic) bond motifs is 1. The second-order valence-corrected chi connectivity index (χ2v) is 6.46. The minimum Gasteiger partial charge on any atom is -0.396 e. The first-order chi connectivity index (χ1) is 9.36. The van der Waals surface area contributed by atoms with Crippen LogP contribution in [0.2, 0.25) is 0 Å². The number of aliphatic hydroxyl groups is 1. The van der Waals surface area contributed by atoms with Crippen LogP contribution in [0.15, 0.2) is 24.3 Å². The number of hydrogen-bond donors (Lipinski definition) is 2. The standard InChI is InChI=1S/C16H25NOS/c1-2-17-16-14-9-4-3-7-13(14)8-5-10-15(16)19-12-6-11-18/h3-4,7,9,15-18H,2,5-6,8,10-12H2,1H3. The van der Waals surface area contributed by atoms with Gasteiger partial charge in [0.1, 0.15) is 0 Å². The lowest BCUT2D eigenvalue weighted by molar-refractivity contribution is 0.296. The van der Waals surface area contributed by atoms with Gasteiger partial charge in [-0.1, -0.05) is 31.2 Å². The summed E-state index contributed by atoms with van der Waals surface area (Å²) in [6.45, 7) is 3.50. The molecular weight excluding hydrogens is 254 g/mol. The molecule has 106 valence electrons. The number of rotatable bonds is 6. The molecular formula is C16H25NOS. The van der Waals surface area contributed by atoms with Gasteiger partial charge in [-0.05, 0) is 49.1 Å². The van der Waals surface area contributed by atoms with E-state index in [1.54, 1.807) is 0 Å². The fourth-order valence-corrected chi connectivity index (χ4v) is 4.23. The molecule has 1 aliphatic carbocycles. The van der Waals surface area contributed by atoms with Crippen LogP contribution in [0.1, 0.15) is 43.4 Å². The van der Waals surface area contributed by atoms with Crippen molar-refractivity contribution in [2.45, 2.75) is 43.9 Å². The third-order valence-electron chi connectivity index (χ3n) is 3.76. The Balaban J connectivity index is 2.14. The fourth-order valence-electron chi connectivity index (χ4n) is 2.87. The number of aryl methyl sites for hydroxylation is 1. The Morgan fingerprint density at radius 1 is 1.37 bits per heavy atom. The van der Waals surface area contributed by atoms with Crippen LogP contribution in [0.3, 0.4) is 0 Å². The Kier molecular flexibility index (Phi) is 6.21. The maximum atomic E-state index is 8.95. The molecule has 0 fully saturated rings. The molecule has 0 heterocycles. The number of hydrogen-bond acceptors (Lipinski definition) is 3. The average Bonchev–Trinajstić information content (AvgIpc) is 2.60. The van der Waals surface area contributed by atoms with Gasteiger partial charge in [0.2, 0.25) is 0 Å². The van der Waals surface area contributed by atoms with Crippen molar-refractivity contribution in [1.82, 2.24) is 5.32 Å². The van der Waals surface area contributed by atoms with Gasteiger partial charge >= 0.3 is 0 Å². The molecule has 19 heavy (non-hydrogen) atoms. The SMILES string of the molecule is CCNC1c2ccccc2CCCC1SCCCO. The molecule has 0 saturated heterocycles. The van der Waals surface area contributed by atoms with Gasteiger partial charge in [-0.25, -0.2) is 0 Å². The smallest absolute Gasteiger partial charge is 0.0443 e. The molecule has 0 amide bonds. The lowest BCUT2D eigenvalue weighted by Gasteiger charge is -2.27. The summed E-state index contributed by atoms with van der Waals surface area (Å²) in [4.78, 5) is 0. The van der Waals surface area contributed by atoms with E-state index in [4.69, 9.17) is 5.11 Å². The van der Waals surface area contributed by atoms with Crippen molar-refractivity contribution < 1.29 is 5.11 Å². The second-order valence-electron chi connectivity index (χ2n) is 5.11. The third kappa shape index (κ3) is 3.98. The average molecular weight is 279 g/mol. The van der Waals surface area contributed by atoms with Crippen molar-refractivity contribution in [3.63, 3.8) is 0 Å². The van der Waals surface area contributed by atoms with Crippen molar-refractivity contribution in [1.29, 1.82) is 0 Å². The molecule has 1 aromatic rings. The minimum absolute atomic E-state index is 0.308. The number of benzene rings is 1. The lowest BCUT2D eigenvalue weighted by Crippen LogP contribution is -2.30. The molecule has 2 atom stereocenters. The van der Waals surface area contributed by atoms with Gasteiger partial charge in [0.25, 0.3) is 0 Å². The predicted molar refractivity (Wildman–Crippen MR) is 83.7 cm³/mol. The largest absolute Gasteiger partial charge is 0.396 e. The minimum atomic E-state index is 0.308. The molecule has 2 nitrogen and oxygen atoms in total. The zero-order valence-electron chi connectivity index (χ0n) is 11.8. The van der Waals surface area contributed by atoms with Gasteiger partial charge in [0.15, 0.2) is 0 Å². The van der Waals surface area contributed by atoms with Crippen molar-refractivity contribution in [3.8, 4) is 0 Å². The number of aliphatic hydroxyl groups excluding tert-OH is 1. The Labute approximate surface area is 121 Å². The van der Waals surface area contributed by atoms with Crippen LogP contribution in [0, 0.1) is 0 Å². The molecule has 3 heteroatoms. The fraction of sp³-hybridized carbons (Fsp3) is 0.625. The van der Waals surface area contributed by atoms with Crippen molar-refractivity contribution >= 4 is 11.8 Å². The first-order valence-corrected chi connectivity index (χ1v) is 8.45. The molecule has 2 rings (SSSR count). The van der Waals surface area contributed by atoms with E-state index in [9.17, 15) is 0 Å². The number of nitrogens with one attached hydrogen (secondary N) is 1. The highest BCUT2D eigenvalue weighted by Gasteiger charge is 2.26. The van der Waals surface area contributed by atoms with Crippen LogP contribution in [0.25, 0.3) is 0 Å². The van der Waals surface area contributed by atoms with Crippen LogP contribution in [0.4, 0.5) is 0 Å². The highest BCUT2D eigenvalue weighted by Crippen LogP contribution is 2.36. The van der Waals surface area contributed by atoms with Crippen molar-refractivity contribution in [3.05, 3.63) is 35.4 Å². The normalized spacial score (nSPS) is 22.8. The zero-order chi connectivity index (χ0) is 13.5. The van der Waals surface area contributed by atoms with E-state index in [0.29, 0.717) is 17.9 Å². The summed E-state index contributed by atoms with van der Waals surface area (Å²) >= 11 is 2.02. The summed E-state index contributed by atoms with van der Waals surface area (Å²) in [5.74, 6) is 1.06. The summed E-state index contributed by atoms with van der Waals surface area (Å²) in [7, 11) is 0. The van der Waals surface area contributed by atoms with Gasteiger partial charge in [0, 0.05) is 17.9 Å². The van der Waals surface area contributed by atoms with E-state index in [1.807, 2.05) is 11.8 Å². The maximum Gasteiger partial charge on any atom is 0.0443 e. The second kappa shape index (κ2) is 7.93. The maximum absolute atomic E-state index is 8.95. The van der Waals surface area contributed by atoms with Gasteiger partial charge in [0.05, 0.1) is 0 Å². The summed E-state index contributed by atoms with van der Waals surface area (Å²) < 4.78 is 0. The summed E-state index contributed by atoms with van der Waals surface area (Å²) in [5, 5.41) is 13.3. The van der Waals surface area contributed by atoms with E-state index in [0.717, 1.165) is 18.7 Å². The predicted octanol–water partition coefficient (Wildman–Crippen LogP) is 3.16. The summed E-state index contributed by atoms with van der Waals surface area (Å²) in [6, 6.07) is 9.34. The molecule has 1 aliphatic rings. The molecule has 0 bridgehead atoms. The molecule has 1 aromatic carbocycles. The van der Waals surface area contributed by atoms with E-state index in [1.165, 1.54) is 30.4 Å². The van der Waals surface area contributed by atoms with Crippen LogP contribution >= 0.6 is 11.8 Å². The van der Waals surface area contributed by atoms with E-state index >= 15 is 0 Å². The topological polar surface area (TPSA) is 32.3 Å².